The summed E-state index contributed by atoms with van der Waals surface area (Å²) in [5, 5.41) is 47.6. The van der Waals surface area contributed by atoms with Crippen molar-refractivity contribution in [1.29, 1.82) is 15.8 Å². The Kier molecular flexibility index (Phi) is 16.0. The summed E-state index contributed by atoms with van der Waals surface area (Å²) in [6, 6.07) is 20.5. The fraction of sp³-hybridized carbons (Fsp3) is 0.275. The molecule has 18 heteroatoms. The summed E-state index contributed by atoms with van der Waals surface area (Å²) in [4.78, 5) is 42.4. The highest BCUT2D eigenvalue weighted by atomic mass is 19.1. The van der Waals surface area contributed by atoms with Crippen LogP contribution in [-0.4, -0.2) is 66.1 Å². The van der Waals surface area contributed by atoms with E-state index in [9.17, 15) is 47.0 Å². The van der Waals surface area contributed by atoms with Crippen LogP contribution >= 0.6 is 0 Å². The number of carbonyl (C=O) groups excluding carboxylic acids is 2. The number of nitrogens with zero attached hydrogens (tertiary/aromatic N) is 7. The van der Waals surface area contributed by atoms with E-state index in [4.69, 9.17) is 20.0 Å². The fourth-order valence-electron chi connectivity index (χ4n) is 8.20. The Hall–Kier alpha value is -7.66. The van der Waals surface area contributed by atoms with Gasteiger partial charge in [0.2, 0.25) is 0 Å². The number of hydrogen-bond donors (Lipinski definition) is 2. The van der Waals surface area contributed by atoms with Gasteiger partial charge in [-0.1, -0.05) is 12.1 Å². The Morgan fingerprint density at radius 2 is 1.01 bits per heavy atom. The summed E-state index contributed by atoms with van der Waals surface area (Å²) in [6.07, 6.45) is 4.17. The number of rotatable bonds is 12. The highest BCUT2D eigenvalue weighted by molar-refractivity contribution is 5.97. The first-order chi connectivity index (χ1) is 33.3. The summed E-state index contributed by atoms with van der Waals surface area (Å²) in [5.41, 5.74) is 0.265. The number of aliphatic hydroxyl groups excluding tert-OH is 2. The maximum absolute atomic E-state index is 14.4. The molecule has 0 bridgehead atoms. The van der Waals surface area contributed by atoms with Crippen molar-refractivity contribution >= 4 is 11.6 Å². The van der Waals surface area contributed by atoms with Crippen molar-refractivity contribution in [2.75, 3.05) is 0 Å². The predicted octanol–water partition coefficient (Wildman–Crippen LogP) is 8.69. The van der Waals surface area contributed by atoms with Gasteiger partial charge in [0.1, 0.15) is 52.2 Å². The average Bonchev–Trinajstić information content (AvgIpc) is 3.34. The maximum Gasteiger partial charge on any atom is 0.185 e. The van der Waals surface area contributed by atoms with Crippen LogP contribution in [0.2, 0.25) is 0 Å². The van der Waals surface area contributed by atoms with Gasteiger partial charge in [0.15, 0.2) is 11.6 Å². The first-order valence-corrected chi connectivity index (χ1v) is 21.6. The molecule has 2 fully saturated rings. The van der Waals surface area contributed by atoms with Crippen molar-refractivity contribution in [2.24, 2.45) is 0 Å². The Labute approximate surface area is 392 Å². The van der Waals surface area contributed by atoms with Gasteiger partial charge >= 0.3 is 0 Å². The van der Waals surface area contributed by atoms with Gasteiger partial charge in [-0.3, -0.25) is 19.6 Å². The van der Waals surface area contributed by atoms with Crippen LogP contribution in [0.15, 0.2) is 97.6 Å². The van der Waals surface area contributed by atoms with E-state index >= 15 is 0 Å². The van der Waals surface area contributed by atoms with Crippen molar-refractivity contribution in [2.45, 2.75) is 88.0 Å². The van der Waals surface area contributed by atoms with Crippen molar-refractivity contribution in [1.82, 2.24) is 19.9 Å². The second-order valence-corrected chi connectivity index (χ2v) is 16.1. The quantitative estimate of drug-likeness (QED) is 0.0868. The molecule has 2 aliphatic rings. The number of Topliss-reactive ketones (excluding diaryl/α,β-unsaturated/α-hetero) is 2. The summed E-state index contributed by atoms with van der Waals surface area (Å²) >= 11 is 0. The van der Waals surface area contributed by atoms with Gasteiger partial charge < -0.3 is 19.7 Å². The molecular formula is C51H40F5N7O6. The molecule has 0 amide bonds. The maximum atomic E-state index is 14.4. The molecule has 4 aromatic heterocycles. The zero-order chi connectivity index (χ0) is 49.2. The third kappa shape index (κ3) is 11.4. The van der Waals surface area contributed by atoms with Gasteiger partial charge in [-0.25, -0.2) is 31.9 Å². The number of halogens is 5. The van der Waals surface area contributed by atoms with Gasteiger partial charge in [-0.2, -0.15) is 15.8 Å². The van der Waals surface area contributed by atoms with Gasteiger partial charge in [0.25, 0.3) is 0 Å². The lowest BCUT2D eigenvalue weighted by Crippen LogP contribution is -2.35. The minimum atomic E-state index is -0.992. The van der Waals surface area contributed by atoms with Gasteiger partial charge in [-0.05, 0) is 109 Å². The fourth-order valence-corrected chi connectivity index (χ4v) is 8.20. The van der Waals surface area contributed by atoms with E-state index < -0.39 is 94.1 Å². The molecule has 0 radical (unpaired) electrons. The van der Waals surface area contributed by atoms with Crippen LogP contribution in [0.25, 0.3) is 22.5 Å². The number of benzene rings is 2. The Balaban J connectivity index is 0.000000204. The van der Waals surface area contributed by atoms with E-state index in [0.717, 1.165) is 42.5 Å². The van der Waals surface area contributed by atoms with Crippen molar-refractivity contribution in [3.8, 4) is 40.7 Å². The van der Waals surface area contributed by atoms with Crippen LogP contribution in [0, 0.1) is 63.1 Å². The lowest BCUT2D eigenvalue weighted by Gasteiger charge is -2.33. The molecule has 2 aliphatic heterocycles. The Morgan fingerprint density at radius 1 is 0.580 bits per heavy atom. The number of nitriles is 3. The number of hydrogen-bond acceptors (Lipinski definition) is 13. The molecule has 0 aliphatic carbocycles. The summed E-state index contributed by atoms with van der Waals surface area (Å²) in [7, 11) is 0. The molecule has 6 heterocycles. The molecule has 0 spiro atoms. The molecule has 0 saturated carbocycles. The minimum Gasteiger partial charge on any atom is -0.390 e. The third-order valence-electron chi connectivity index (χ3n) is 11.7. The second-order valence-electron chi connectivity index (χ2n) is 16.1. The van der Waals surface area contributed by atoms with Crippen LogP contribution in [-0.2, 0) is 22.3 Å². The Morgan fingerprint density at radius 3 is 1.46 bits per heavy atom. The molecule has 13 nitrogen and oxygen atoms in total. The number of carbonyl (C=O) groups is 2. The van der Waals surface area contributed by atoms with E-state index in [2.05, 4.69) is 19.9 Å². The van der Waals surface area contributed by atoms with E-state index in [0.29, 0.717) is 47.9 Å². The van der Waals surface area contributed by atoms with E-state index in [1.165, 1.54) is 30.6 Å². The van der Waals surface area contributed by atoms with Gasteiger partial charge in [0.05, 0.1) is 84.0 Å². The molecule has 8 rings (SSSR count). The molecule has 2 N–H and O–H groups in total. The number of pyridine rings is 4. The smallest absolute Gasteiger partial charge is 0.185 e. The lowest BCUT2D eigenvalue weighted by molar-refractivity contribution is -0.116. The number of ether oxygens (including phenoxy) is 2. The van der Waals surface area contributed by atoms with Crippen LogP contribution in [0.4, 0.5) is 22.0 Å². The summed E-state index contributed by atoms with van der Waals surface area (Å²) in [5.74, 6) is -5.67. The largest absolute Gasteiger partial charge is 0.390 e. The summed E-state index contributed by atoms with van der Waals surface area (Å²) < 4.78 is 83.3. The SMILES string of the molecule is N#CC[C@H]1O[C@@H](c2ccncc2CC(=O)c2ccc(C#N)c(-c3c(F)cccc3F)n2)CC[C@@H]1O.N#CC[C@H]1O[C@@H](c2ccncc2CC(=O)c2ccc(F)c(-c3c(F)cccc3F)n2)CC[C@@H]1O. The zero-order valence-electron chi connectivity index (χ0n) is 36.4. The first-order valence-electron chi connectivity index (χ1n) is 21.6. The highest BCUT2D eigenvalue weighted by Crippen LogP contribution is 2.37. The normalized spacial score (nSPS) is 19.8. The predicted molar refractivity (Wildman–Crippen MR) is 235 cm³/mol. The summed E-state index contributed by atoms with van der Waals surface area (Å²) in [6.45, 7) is 0. The van der Waals surface area contributed by atoms with Crippen molar-refractivity contribution in [3.05, 3.63) is 166 Å². The van der Waals surface area contributed by atoms with Gasteiger partial charge in [-0.15, -0.1) is 0 Å². The second kappa shape index (κ2) is 22.4. The molecule has 6 atom stereocenters. The zero-order valence-corrected chi connectivity index (χ0v) is 36.4. The molecular weight excluding hydrogens is 902 g/mol. The van der Waals surface area contributed by atoms with Crippen LogP contribution in [0.5, 0.6) is 0 Å². The standard InChI is InChI=1S/C26H20F2N4O3.C25H20F3N3O3/c27-18-2-1-3-19(28)25(18)26-15(13-30)4-5-20(32-26)22(34)12-16-14-31-11-9-17(16)23-7-6-21(33)24(35-23)8-10-29;26-16-2-1-3-17(27)24(16)25-18(28)4-5-19(31-25)21(33)12-14-13-30-11-9-15(14)22-7-6-20(32)23(34-22)8-10-29/h1-5,9,11,14,21,23-24,33H,6-8,12H2;1-5,9,11,13,20,22-23,32H,6-8,12H2/t21-,23+,24+;20-,22+,23+/m00/s1. The molecule has 69 heavy (non-hydrogen) atoms. The van der Waals surface area contributed by atoms with Crippen LogP contribution in [0.3, 0.4) is 0 Å². The molecule has 2 aromatic carbocycles. The topological polar surface area (TPSA) is 216 Å². The molecule has 2 saturated heterocycles. The first kappa shape index (κ1) is 49.3. The molecule has 0 unspecified atom stereocenters. The monoisotopic (exact) mass is 941 g/mol. The highest BCUT2D eigenvalue weighted by Gasteiger charge is 2.34. The Bertz CT molecular complexity index is 2970. The minimum absolute atomic E-state index is 0.0336. The third-order valence-corrected chi connectivity index (χ3v) is 11.7. The van der Waals surface area contributed by atoms with Crippen LogP contribution < -0.4 is 0 Å². The lowest BCUT2D eigenvalue weighted by atomic mass is 9.92. The number of aliphatic hydroxyl groups is 2. The number of ketones is 2. The van der Waals surface area contributed by atoms with Crippen molar-refractivity contribution < 1.29 is 51.2 Å². The van der Waals surface area contributed by atoms with E-state index in [-0.39, 0.29) is 48.3 Å². The number of aromatic nitrogens is 4. The van der Waals surface area contributed by atoms with E-state index in [1.807, 2.05) is 18.2 Å². The van der Waals surface area contributed by atoms with Gasteiger partial charge in [0, 0.05) is 37.6 Å². The molecule has 350 valence electrons. The van der Waals surface area contributed by atoms with E-state index in [1.54, 1.807) is 24.5 Å². The molecule has 6 aromatic rings. The van der Waals surface area contributed by atoms with Crippen LogP contribution in [0.1, 0.15) is 99.5 Å². The average molecular weight is 942 g/mol. The van der Waals surface area contributed by atoms with Crippen molar-refractivity contribution in [3.63, 3.8) is 0 Å².